The Morgan fingerprint density at radius 2 is 0.581 bits per heavy atom. The predicted octanol–water partition coefficient (Wildman–Crippen LogP) is 8.30. The minimum atomic E-state index is -1.55. The van der Waals surface area contributed by atoms with Crippen LogP contribution in [-0.4, -0.2) is 23.9 Å². The number of fused-ring (bicyclic) bond motifs is 1. The molecular formula is C55H47N2O2P2Pd+. The average molecular weight is 936 g/mol. The Morgan fingerprint density at radius 1 is 0.339 bits per heavy atom. The minimum absolute atomic E-state index is 0. The second kappa shape index (κ2) is 19.1. The van der Waals surface area contributed by atoms with E-state index in [2.05, 4.69) is 168 Å². The Hall–Kier alpha value is -5.78. The van der Waals surface area contributed by atoms with Gasteiger partial charge in [-0.2, -0.15) is 0 Å². The van der Waals surface area contributed by atoms with Gasteiger partial charge in [0.25, 0.3) is 11.8 Å². The first-order chi connectivity index (χ1) is 29.7. The molecule has 0 saturated heterocycles. The molecule has 0 unspecified atom stereocenters. The van der Waals surface area contributed by atoms with Crippen LogP contribution in [0.3, 0.4) is 0 Å². The molecule has 8 aromatic rings. The van der Waals surface area contributed by atoms with Gasteiger partial charge in [0.2, 0.25) is 0 Å². The van der Waals surface area contributed by atoms with Gasteiger partial charge in [-0.1, -0.05) is 146 Å². The van der Waals surface area contributed by atoms with Crippen molar-refractivity contribution < 1.29 is 30.0 Å². The van der Waals surface area contributed by atoms with Crippen LogP contribution in [0.25, 0.3) is 0 Å². The zero-order valence-corrected chi connectivity index (χ0v) is 37.8. The first kappa shape index (κ1) is 42.9. The van der Waals surface area contributed by atoms with Crippen LogP contribution in [0.5, 0.6) is 0 Å². The van der Waals surface area contributed by atoms with Gasteiger partial charge >= 0.3 is 0 Å². The van der Waals surface area contributed by atoms with Crippen molar-refractivity contribution in [1.29, 1.82) is 0 Å². The van der Waals surface area contributed by atoms with Gasteiger partial charge < -0.3 is 18.1 Å². The largest absolute Gasteiger partial charge is 0.358 e. The second-order valence-electron chi connectivity index (χ2n) is 15.5. The zero-order chi connectivity index (χ0) is 40.4. The van der Waals surface area contributed by atoms with E-state index in [4.69, 9.17) is 0 Å². The van der Waals surface area contributed by atoms with Crippen LogP contribution in [0.15, 0.2) is 218 Å². The average Bonchev–Trinajstić information content (AvgIpc) is 3.31. The number of rotatable bonds is 10. The first-order valence-corrected chi connectivity index (χ1v) is 23.6. The van der Waals surface area contributed by atoms with E-state index in [-0.39, 0.29) is 51.5 Å². The molecule has 0 saturated carbocycles. The van der Waals surface area contributed by atoms with E-state index in [9.17, 15) is 0 Å². The quantitative estimate of drug-likeness (QED) is 0.0825. The zero-order valence-electron chi connectivity index (χ0n) is 34.2. The van der Waals surface area contributed by atoms with Crippen LogP contribution in [0.2, 0.25) is 0 Å². The molecule has 7 heteroatoms. The monoisotopic (exact) mass is 935 g/mol. The van der Waals surface area contributed by atoms with Crippen molar-refractivity contribution >= 4 is 59.5 Å². The van der Waals surface area contributed by atoms with E-state index < -0.39 is 27.9 Å². The van der Waals surface area contributed by atoms with Gasteiger partial charge in [-0.3, -0.25) is 9.59 Å². The van der Waals surface area contributed by atoms with Gasteiger partial charge in [-0.05, 0) is 95.1 Å². The number of carbonyl (C=O) groups excluding carboxylic acids is 2. The van der Waals surface area contributed by atoms with Crippen molar-refractivity contribution in [2.75, 3.05) is 0 Å². The van der Waals surface area contributed by atoms with Crippen molar-refractivity contribution in [2.24, 2.45) is 0 Å². The molecule has 0 spiro atoms. The molecule has 62 heavy (non-hydrogen) atoms. The van der Waals surface area contributed by atoms with Crippen molar-refractivity contribution in [3.05, 3.63) is 259 Å². The summed E-state index contributed by atoms with van der Waals surface area (Å²) in [5.41, 5.74) is 6.11. The van der Waals surface area contributed by atoms with Crippen LogP contribution in [0.1, 0.15) is 54.8 Å². The van der Waals surface area contributed by atoms with Gasteiger partial charge in [0.05, 0.1) is 39.1 Å². The molecule has 0 radical (unpaired) electrons. The SMILES string of the molecule is O=C(N[C@@H]1C2c3ccccc3C(c3ccccc32)[C@@H]1NC(=O)c1ccccc1[PH+](c1ccccc1)c1ccccc1)c1ccccc1[PH+](c1ccccc1)c1ccccc1.[CH3-].[Pd]. The summed E-state index contributed by atoms with van der Waals surface area (Å²) in [6, 6.07) is 74.7. The molecule has 0 fully saturated rings. The molecule has 2 atom stereocenters. The smallest absolute Gasteiger partial charge is 0.255 e. The van der Waals surface area contributed by atoms with Crippen LogP contribution >= 0.6 is 15.8 Å². The molecule has 2 N–H and O–H groups in total. The Balaban J connectivity index is 0.00000264. The van der Waals surface area contributed by atoms with Crippen LogP contribution in [0.4, 0.5) is 0 Å². The van der Waals surface area contributed by atoms with Crippen molar-refractivity contribution in [3.8, 4) is 0 Å². The number of carbonyl (C=O) groups is 2. The number of hydrogen-bond donors (Lipinski definition) is 2. The molecule has 8 aromatic carbocycles. The van der Waals surface area contributed by atoms with Crippen LogP contribution in [-0.2, 0) is 20.4 Å². The Kier molecular flexibility index (Phi) is 13.2. The molecule has 2 bridgehead atoms. The standard InChI is InChI=1S/C54H42N2O2P2.CH3.Pd/c57-53(45-33-17-19-35-47(45)59(37-21-5-1-6-22-37)38-23-7-2-8-24-38)55-51-49-41-29-13-15-31-43(41)50(44-32-16-14-30-42(44)49)52(51)56-54(58)46-34-18-20-36-48(46)60(39-25-9-3-10-26-39)40-27-11-4-12-28-40;;/h1-36,49-52H,(H,55,57)(H,56,58);1H3;/q;-1;/p+2/t49?,50?,51-,52+;;. The van der Waals surface area contributed by atoms with E-state index in [1.54, 1.807) is 0 Å². The van der Waals surface area contributed by atoms with Crippen molar-refractivity contribution in [1.82, 2.24) is 10.6 Å². The third-order valence-corrected chi connectivity index (χ3v) is 17.8. The minimum Gasteiger partial charge on any atom is -0.358 e. The van der Waals surface area contributed by atoms with Crippen LogP contribution in [0, 0.1) is 7.43 Å². The maximum absolute atomic E-state index is 15.2. The van der Waals surface area contributed by atoms with Gasteiger partial charge in [0, 0.05) is 32.3 Å². The third kappa shape index (κ3) is 8.04. The summed E-state index contributed by atoms with van der Waals surface area (Å²) in [6.07, 6.45) is 0. The van der Waals surface area contributed by atoms with E-state index in [0.717, 1.165) is 10.6 Å². The summed E-state index contributed by atoms with van der Waals surface area (Å²) in [7, 11) is -3.10. The molecule has 4 nitrogen and oxygen atoms in total. The second-order valence-corrected chi connectivity index (χ2v) is 20.4. The maximum Gasteiger partial charge on any atom is 0.255 e. The fraction of sp³-hybridized carbons (Fsp3) is 0.0727. The van der Waals surface area contributed by atoms with E-state index in [1.807, 2.05) is 60.7 Å². The normalized spacial score (nSPS) is 16.9. The summed E-state index contributed by atoms with van der Waals surface area (Å²) < 4.78 is 0. The summed E-state index contributed by atoms with van der Waals surface area (Å²) in [5.74, 6) is -0.600. The number of benzene rings is 8. The van der Waals surface area contributed by atoms with Gasteiger partial charge in [0.1, 0.15) is 31.8 Å². The molecule has 3 aliphatic rings. The fourth-order valence-corrected chi connectivity index (χ4v) is 15.1. The molecule has 0 aromatic heterocycles. The fourth-order valence-electron chi connectivity index (χ4n) is 9.66. The molecule has 11 rings (SSSR count). The summed E-state index contributed by atoms with van der Waals surface area (Å²) in [4.78, 5) is 30.3. The Morgan fingerprint density at radius 3 is 0.871 bits per heavy atom. The summed E-state index contributed by atoms with van der Waals surface area (Å²) in [5, 5.41) is 14.1. The summed E-state index contributed by atoms with van der Waals surface area (Å²) >= 11 is 0. The molecule has 308 valence electrons. The summed E-state index contributed by atoms with van der Waals surface area (Å²) in [6.45, 7) is 0. The van der Waals surface area contributed by atoms with Crippen LogP contribution < -0.4 is 42.5 Å². The van der Waals surface area contributed by atoms with Crippen molar-refractivity contribution in [2.45, 2.75) is 23.9 Å². The molecule has 0 heterocycles. The maximum atomic E-state index is 15.2. The van der Waals surface area contributed by atoms with E-state index in [0.29, 0.717) is 11.1 Å². The third-order valence-electron chi connectivity index (χ3n) is 12.2. The van der Waals surface area contributed by atoms with Gasteiger partial charge in [-0.15, -0.1) is 0 Å². The van der Waals surface area contributed by atoms with E-state index >= 15 is 9.59 Å². The van der Waals surface area contributed by atoms with Gasteiger partial charge in [0.15, 0.2) is 0 Å². The van der Waals surface area contributed by atoms with Gasteiger partial charge in [-0.25, -0.2) is 0 Å². The predicted molar refractivity (Wildman–Crippen MR) is 259 cm³/mol. The molecule has 3 aliphatic carbocycles. The van der Waals surface area contributed by atoms with Crippen molar-refractivity contribution in [3.63, 3.8) is 0 Å². The Bertz CT molecular complexity index is 2490. The number of nitrogens with one attached hydrogen (secondary N) is 2. The van der Waals surface area contributed by atoms with E-state index in [1.165, 1.54) is 43.5 Å². The molecule has 2 amide bonds. The molecule has 0 aliphatic heterocycles. The number of amides is 2. The molecular weight excluding hydrogens is 889 g/mol. The first-order valence-electron chi connectivity index (χ1n) is 20.6. The number of hydrogen-bond acceptors (Lipinski definition) is 2. The Labute approximate surface area is 381 Å². The topological polar surface area (TPSA) is 58.2 Å².